The summed E-state index contributed by atoms with van der Waals surface area (Å²) in [6.45, 7) is 7.08. The maximum Gasteiger partial charge on any atom is 0.273 e. The number of carbonyl (C=O) groups is 1. The summed E-state index contributed by atoms with van der Waals surface area (Å²) in [6, 6.07) is 12.8. The van der Waals surface area contributed by atoms with Crippen LogP contribution >= 0.6 is 0 Å². The van der Waals surface area contributed by atoms with Crippen LogP contribution in [0.1, 0.15) is 53.5 Å². The monoisotopic (exact) mass is 435 g/mol. The van der Waals surface area contributed by atoms with Crippen LogP contribution in [0.2, 0.25) is 0 Å². The van der Waals surface area contributed by atoms with E-state index < -0.39 is 0 Å². The van der Waals surface area contributed by atoms with E-state index in [4.69, 9.17) is 9.47 Å². The van der Waals surface area contributed by atoms with Crippen LogP contribution in [0.3, 0.4) is 0 Å². The first-order valence-corrected chi connectivity index (χ1v) is 10.9. The van der Waals surface area contributed by atoms with Crippen LogP contribution < -0.4 is 4.74 Å². The molecule has 1 amide bonds. The number of hydrogen-bond acceptors (Lipinski definition) is 5. The number of hydrogen-bond donors (Lipinski definition) is 2. The summed E-state index contributed by atoms with van der Waals surface area (Å²) in [7, 11) is 1.63. The summed E-state index contributed by atoms with van der Waals surface area (Å²) >= 11 is 0. The van der Waals surface area contributed by atoms with Crippen molar-refractivity contribution in [3.8, 4) is 22.8 Å². The molecule has 0 saturated carbocycles. The van der Waals surface area contributed by atoms with E-state index in [0.29, 0.717) is 30.1 Å². The van der Waals surface area contributed by atoms with Crippen molar-refractivity contribution in [1.29, 1.82) is 0 Å². The van der Waals surface area contributed by atoms with Crippen molar-refractivity contribution in [2.45, 2.75) is 39.3 Å². The lowest BCUT2D eigenvalue weighted by Crippen LogP contribution is -2.31. The zero-order valence-corrected chi connectivity index (χ0v) is 18.9. The second-order valence-corrected chi connectivity index (χ2v) is 8.33. The second-order valence-electron chi connectivity index (χ2n) is 8.33. The molecule has 0 unspecified atom stereocenters. The fourth-order valence-corrected chi connectivity index (χ4v) is 4.16. The molecule has 32 heavy (non-hydrogen) atoms. The number of nitrogens with zero attached hydrogens (tertiary/aromatic N) is 2. The van der Waals surface area contributed by atoms with Gasteiger partial charge in [-0.15, -0.1) is 0 Å². The summed E-state index contributed by atoms with van der Waals surface area (Å²) in [5.41, 5.74) is 4.41. The van der Waals surface area contributed by atoms with Gasteiger partial charge in [0.15, 0.2) is 0 Å². The first kappa shape index (κ1) is 21.9. The highest BCUT2D eigenvalue weighted by atomic mass is 16.5. The summed E-state index contributed by atoms with van der Waals surface area (Å²) < 4.78 is 11.0. The van der Waals surface area contributed by atoms with E-state index >= 15 is 0 Å². The number of phenolic OH excluding ortho intramolecular Hbond substituents is 1. The van der Waals surface area contributed by atoms with Gasteiger partial charge in [0.2, 0.25) is 0 Å². The van der Waals surface area contributed by atoms with Crippen LogP contribution in [-0.4, -0.2) is 52.5 Å². The molecule has 0 fully saturated rings. The van der Waals surface area contributed by atoms with E-state index in [0.717, 1.165) is 28.9 Å². The maximum absolute atomic E-state index is 13.4. The van der Waals surface area contributed by atoms with Crippen molar-refractivity contribution in [2.24, 2.45) is 0 Å². The SMILES string of the molecule is COc1ccc([C@@H]2c3c(-c4cc(C)ccc4O)n[nH]c3C(=O)N2CCCOC(C)C)cc1. The van der Waals surface area contributed by atoms with Gasteiger partial charge >= 0.3 is 0 Å². The molecule has 1 aliphatic rings. The molecule has 4 rings (SSSR count). The third-order valence-corrected chi connectivity index (χ3v) is 5.70. The Bertz CT molecular complexity index is 1100. The highest BCUT2D eigenvalue weighted by molar-refractivity contribution is 6.00. The quantitative estimate of drug-likeness (QED) is 0.510. The Kier molecular flexibility index (Phi) is 6.19. The van der Waals surface area contributed by atoms with E-state index in [2.05, 4.69) is 10.2 Å². The third-order valence-electron chi connectivity index (χ3n) is 5.70. The van der Waals surface area contributed by atoms with Gasteiger partial charge in [0.1, 0.15) is 22.9 Å². The predicted molar refractivity (Wildman–Crippen MR) is 122 cm³/mol. The number of phenols is 1. The molecule has 0 radical (unpaired) electrons. The largest absolute Gasteiger partial charge is 0.507 e. The molecule has 2 N–H and O–H groups in total. The Morgan fingerprint density at radius 2 is 1.94 bits per heavy atom. The number of methoxy groups -OCH3 is 1. The minimum Gasteiger partial charge on any atom is -0.507 e. The van der Waals surface area contributed by atoms with E-state index in [1.54, 1.807) is 13.2 Å². The zero-order valence-electron chi connectivity index (χ0n) is 18.9. The lowest BCUT2D eigenvalue weighted by atomic mass is 9.95. The number of rotatable bonds is 8. The number of aromatic amines is 1. The Morgan fingerprint density at radius 3 is 2.62 bits per heavy atom. The summed E-state index contributed by atoms with van der Waals surface area (Å²) in [5, 5.41) is 17.9. The zero-order chi connectivity index (χ0) is 22.8. The van der Waals surface area contributed by atoms with Crippen LogP contribution in [0.5, 0.6) is 11.5 Å². The fourth-order valence-electron chi connectivity index (χ4n) is 4.16. The van der Waals surface area contributed by atoms with E-state index in [9.17, 15) is 9.90 Å². The van der Waals surface area contributed by atoms with Crippen LogP contribution in [0.25, 0.3) is 11.3 Å². The average molecular weight is 436 g/mol. The Labute approximate surface area is 188 Å². The van der Waals surface area contributed by atoms with Gasteiger partial charge in [-0.3, -0.25) is 9.89 Å². The van der Waals surface area contributed by atoms with Gasteiger partial charge in [0.25, 0.3) is 5.91 Å². The fraction of sp³-hybridized carbons (Fsp3) is 0.360. The van der Waals surface area contributed by atoms with E-state index in [1.807, 2.05) is 62.1 Å². The van der Waals surface area contributed by atoms with E-state index in [-0.39, 0.29) is 23.8 Å². The molecule has 0 bridgehead atoms. The number of benzene rings is 2. The molecule has 0 spiro atoms. The number of carbonyl (C=O) groups excluding carboxylic acids is 1. The van der Waals surface area contributed by atoms with Crippen molar-refractivity contribution < 1.29 is 19.4 Å². The predicted octanol–water partition coefficient (Wildman–Crippen LogP) is 4.46. The molecular weight excluding hydrogens is 406 g/mol. The molecule has 1 atom stereocenters. The molecule has 0 saturated heterocycles. The second kappa shape index (κ2) is 9.04. The number of aromatic nitrogens is 2. The molecule has 1 aliphatic heterocycles. The van der Waals surface area contributed by atoms with Gasteiger partial charge < -0.3 is 19.5 Å². The van der Waals surface area contributed by atoms with Gasteiger partial charge in [0.05, 0.1) is 19.3 Å². The Balaban J connectivity index is 1.76. The van der Waals surface area contributed by atoms with Gasteiger partial charge in [-0.2, -0.15) is 5.10 Å². The number of fused-ring (bicyclic) bond motifs is 1. The smallest absolute Gasteiger partial charge is 0.273 e. The number of H-pyrrole nitrogens is 1. The number of aromatic hydroxyl groups is 1. The number of nitrogens with one attached hydrogen (secondary N) is 1. The van der Waals surface area contributed by atoms with Crippen molar-refractivity contribution in [3.05, 3.63) is 64.8 Å². The molecule has 2 aromatic carbocycles. The van der Waals surface area contributed by atoms with Crippen molar-refractivity contribution in [3.63, 3.8) is 0 Å². The maximum atomic E-state index is 13.4. The Morgan fingerprint density at radius 1 is 1.19 bits per heavy atom. The summed E-state index contributed by atoms with van der Waals surface area (Å²) in [6.07, 6.45) is 0.869. The number of amides is 1. The minimum absolute atomic E-state index is 0.101. The van der Waals surface area contributed by atoms with E-state index in [1.165, 1.54) is 0 Å². The van der Waals surface area contributed by atoms with Gasteiger partial charge in [0, 0.05) is 24.3 Å². The summed E-state index contributed by atoms with van der Waals surface area (Å²) in [5.74, 6) is 0.782. The lowest BCUT2D eigenvalue weighted by molar-refractivity contribution is 0.0601. The molecular formula is C25H29N3O4. The van der Waals surface area contributed by atoms with Crippen molar-refractivity contribution in [2.75, 3.05) is 20.3 Å². The van der Waals surface area contributed by atoms with Crippen LogP contribution in [0.15, 0.2) is 42.5 Å². The molecule has 7 nitrogen and oxygen atoms in total. The van der Waals surface area contributed by atoms with Crippen LogP contribution in [-0.2, 0) is 4.74 Å². The normalized spacial score (nSPS) is 15.5. The van der Waals surface area contributed by atoms with Crippen molar-refractivity contribution in [1.82, 2.24) is 15.1 Å². The number of aryl methyl sites for hydroxylation is 1. The van der Waals surface area contributed by atoms with Gasteiger partial charge in [-0.25, -0.2) is 0 Å². The molecule has 168 valence electrons. The summed E-state index contributed by atoms with van der Waals surface area (Å²) in [4.78, 5) is 15.2. The lowest BCUT2D eigenvalue weighted by Gasteiger charge is -2.26. The topological polar surface area (TPSA) is 87.7 Å². The minimum atomic E-state index is -0.323. The standard InChI is InChI=1S/C25H29N3O4/c1-15(2)32-13-5-12-28-24(17-7-9-18(31-4)10-8-17)21-22(26-27-23(21)25(28)30)19-14-16(3)6-11-20(19)29/h6-11,14-15,24,29H,5,12-13H2,1-4H3,(H,26,27)/t24-/m1/s1. The van der Waals surface area contributed by atoms with Gasteiger partial charge in [-0.1, -0.05) is 23.8 Å². The highest BCUT2D eigenvalue weighted by Gasteiger charge is 2.42. The van der Waals surface area contributed by atoms with Crippen LogP contribution in [0, 0.1) is 6.92 Å². The molecule has 0 aliphatic carbocycles. The molecule has 7 heteroatoms. The number of ether oxygens (including phenoxy) is 2. The average Bonchev–Trinajstić information content (AvgIpc) is 3.32. The van der Waals surface area contributed by atoms with Gasteiger partial charge in [-0.05, 0) is 57.0 Å². The highest BCUT2D eigenvalue weighted by Crippen LogP contribution is 2.44. The molecule has 3 aromatic rings. The first-order chi connectivity index (χ1) is 15.4. The third kappa shape index (κ3) is 4.08. The van der Waals surface area contributed by atoms with Crippen molar-refractivity contribution >= 4 is 5.91 Å². The first-order valence-electron chi connectivity index (χ1n) is 10.9. The Hall–Kier alpha value is -3.32. The molecule has 2 heterocycles. The van der Waals surface area contributed by atoms with Crippen LogP contribution in [0.4, 0.5) is 0 Å². The molecule has 1 aromatic heterocycles.